The number of likely N-dealkylation sites (N-methyl/N-ethyl adjacent to an activating group) is 1. The Bertz CT molecular complexity index is 857. The topological polar surface area (TPSA) is 87.1 Å². The highest BCUT2D eigenvalue weighted by Crippen LogP contribution is 2.24. The summed E-state index contributed by atoms with van der Waals surface area (Å²) >= 11 is 0. The molecule has 1 saturated heterocycles. The van der Waals surface area contributed by atoms with Gasteiger partial charge in [0.05, 0.1) is 5.70 Å². The number of carbonyl (C=O) groups is 1. The van der Waals surface area contributed by atoms with Crippen LogP contribution in [0.1, 0.15) is 6.92 Å². The fraction of sp³-hybridized carbons (Fsp3) is 0.227. The quantitative estimate of drug-likeness (QED) is 0.428. The molecule has 2 N–H and O–H groups in total. The smallest absolute Gasteiger partial charge is 0.213 e. The molecule has 1 aromatic heterocycles. The van der Waals surface area contributed by atoms with E-state index in [0.29, 0.717) is 18.0 Å². The van der Waals surface area contributed by atoms with E-state index in [-0.39, 0.29) is 11.9 Å². The van der Waals surface area contributed by atoms with Gasteiger partial charge in [0.25, 0.3) is 0 Å². The predicted molar refractivity (Wildman–Crippen MR) is 115 cm³/mol. The van der Waals surface area contributed by atoms with Gasteiger partial charge < -0.3 is 15.2 Å². The standard InChI is InChI=1S/C15H16N2O2.C7H10N2O/c1-17-9-14(10-17)19-15-6-5-12(8-16-15)11-3-2-4-13(18)7-11;1-3-7(9-6-10)5-8-4-2/h2-8,14,18H,9-10H2,1H3;3-6H,1H2,2H3,(H,9,10)/b;7-5+,8-4?. The van der Waals surface area contributed by atoms with Crippen LogP contribution in [0.25, 0.3) is 11.1 Å². The van der Waals surface area contributed by atoms with Crippen LogP contribution in [-0.4, -0.2) is 53.9 Å². The molecule has 152 valence electrons. The van der Waals surface area contributed by atoms with Crippen molar-refractivity contribution in [1.82, 2.24) is 15.2 Å². The molecule has 29 heavy (non-hydrogen) atoms. The fourth-order valence-corrected chi connectivity index (χ4v) is 2.57. The number of phenols is 1. The zero-order valence-electron chi connectivity index (χ0n) is 16.7. The summed E-state index contributed by atoms with van der Waals surface area (Å²) < 4.78 is 5.73. The zero-order valence-corrected chi connectivity index (χ0v) is 16.7. The Hall–Kier alpha value is -3.45. The molecule has 0 radical (unpaired) electrons. The third-order valence-electron chi connectivity index (χ3n) is 4.04. The lowest BCUT2D eigenvalue weighted by molar-refractivity contribution is -0.108. The van der Waals surface area contributed by atoms with Gasteiger partial charge in [0, 0.05) is 43.3 Å². The van der Waals surface area contributed by atoms with E-state index in [2.05, 4.69) is 33.8 Å². The number of likely N-dealkylation sites (tertiary alicyclic amines) is 1. The van der Waals surface area contributed by atoms with Gasteiger partial charge in [-0.1, -0.05) is 18.7 Å². The molecule has 2 heterocycles. The van der Waals surface area contributed by atoms with Crippen molar-refractivity contribution in [1.29, 1.82) is 0 Å². The maximum Gasteiger partial charge on any atom is 0.213 e. The normalized spacial score (nSPS) is 14.5. The SMILES string of the molecule is C=C/C(=C\N=CC)NC=O.CN1CC(Oc2ccc(-c3cccc(O)c3)cn2)C1. The van der Waals surface area contributed by atoms with Gasteiger partial charge in [-0.15, -0.1) is 0 Å². The molecular weight excluding hydrogens is 368 g/mol. The van der Waals surface area contributed by atoms with Crippen molar-refractivity contribution < 1.29 is 14.6 Å². The summed E-state index contributed by atoms with van der Waals surface area (Å²) in [6.07, 6.45) is 7.26. The van der Waals surface area contributed by atoms with Gasteiger partial charge in [0.1, 0.15) is 11.9 Å². The summed E-state index contributed by atoms with van der Waals surface area (Å²) in [4.78, 5) is 20.2. The number of aromatic nitrogens is 1. The molecule has 0 unspecified atom stereocenters. The lowest BCUT2D eigenvalue weighted by atomic mass is 10.1. The second kappa shape index (κ2) is 11.4. The molecule has 3 rings (SSSR count). The van der Waals surface area contributed by atoms with E-state index in [9.17, 15) is 9.90 Å². The van der Waals surface area contributed by atoms with Crippen molar-refractivity contribution in [2.45, 2.75) is 13.0 Å². The Morgan fingerprint density at radius 3 is 2.69 bits per heavy atom. The van der Waals surface area contributed by atoms with E-state index in [1.807, 2.05) is 24.3 Å². The third kappa shape index (κ3) is 7.23. The number of benzene rings is 1. The number of pyridine rings is 1. The van der Waals surface area contributed by atoms with Crippen LogP contribution in [0.4, 0.5) is 0 Å². The van der Waals surface area contributed by atoms with Crippen LogP contribution in [0.2, 0.25) is 0 Å². The zero-order chi connectivity index (χ0) is 21.1. The van der Waals surface area contributed by atoms with E-state index in [0.717, 1.165) is 24.2 Å². The number of allylic oxidation sites excluding steroid dienone is 1. The number of phenolic OH excluding ortho intramolecular Hbond substituents is 1. The third-order valence-corrected chi connectivity index (χ3v) is 4.04. The molecular formula is C22H26N4O3. The summed E-state index contributed by atoms with van der Waals surface area (Å²) in [7, 11) is 2.07. The molecule has 1 aliphatic rings. The van der Waals surface area contributed by atoms with Gasteiger partial charge in [-0.25, -0.2) is 4.98 Å². The van der Waals surface area contributed by atoms with Crippen molar-refractivity contribution in [3.05, 3.63) is 67.1 Å². The van der Waals surface area contributed by atoms with Gasteiger partial charge in [-0.3, -0.25) is 14.7 Å². The second-order valence-electron chi connectivity index (χ2n) is 6.35. The molecule has 1 aliphatic heterocycles. The number of hydrogen-bond acceptors (Lipinski definition) is 6. The van der Waals surface area contributed by atoms with E-state index in [1.54, 1.807) is 31.5 Å². The highest BCUT2D eigenvalue weighted by Gasteiger charge is 2.25. The minimum atomic E-state index is 0.254. The summed E-state index contributed by atoms with van der Waals surface area (Å²) in [5, 5.41) is 11.9. The predicted octanol–water partition coefficient (Wildman–Crippen LogP) is 3.00. The molecule has 0 bridgehead atoms. The first-order valence-corrected chi connectivity index (χ1v) is 9.17. The molecule has 7 heteroatoms. The van der Waals surface area contributed by atoms with Crippen molar-refractivity contribution >= 4 is 12.6 Å². The molecule has 2 aromatic rings. The summed E-state index contributed by atoms with van der Waals surface area (Å²) in [6, 6.07) is 11.0. The minimum absolute atomic E-state index is 0.254. The highest BCUT2D eigenvalue weighted by molar-refractivity contribution is 5.64. The number of ether oxygens (including phenoxy) is 1. The van der Waals surface area contributed by atoms with Crippen molar-refractivity contribution in [3.63, 3.8) is 0 Å². The summed E-state index contributed by atoms with van der Waals surface area (Å²) in [5.74, 6) is 0.914. The van der Waals surface area contributed by atoms with Gasteiger partial charge in [0.15, 0.2) is 0 Å². The average molecular weight is 394 g/mol. The Morgan fingerprint density at radius 1 is 1.34 bits per heavy atom. The van der Waals surface area contributed by atoms with Crippen LogP contribution in [-0.2, 0) is 4.79 Å². The van der Waals surface area contributed by atoms with Crippen LogP contribution in [0, 0.1) is 0 Å². The highest BCUT2D eigenvalue weighted by atomic mass is 16.5. The lowest BCUT2D eigenvalue weighted by Gasteiger charge is -2.35. The number of aliphatic imine (C=N–C) groups is 1. The summed E-state index contributed by atoms with van der Waals surface area (Å²) in [6.45, 7) is 7.17. The van der Waals surface area contributed by atoms with Crippen LogP contribution in [0.3, 0.4) is 0 Å². The number of carbonyl (C=O) groups excluding carboxylic acids is 1. The molecule has 0 atom stereocenters. The van der Waals surface area contributed by atoms with Crippen LogP contribution < -0.4 is 10.1 Å². The second-order valence-corrected chi connectivity index (χ2v) is 6.35. The molecule has 0 spiro atoms. The first-order chi connectivity index (χ1) is 14.0. The van der Waals surface area contributed by atoms with E-state index in [4.69, 9.17) is 4.74 Å². The Labute approximate surface area is 171 Å². The van der Waals surface area contributed by atoms with Gasteiger partial charge in [0.2, 0.25) is 12.3 Å². The van der Waals surface area contributed by atoms with Gasteiger partial charge >= 0.3 is 0 Å². The van der Waals surface area contributed by atoms with Crippen molar-refractivity contribution in [2.75, 3.05) is 20.1 Å². The van der Waals surface area contributed by atoms with Crippen LogP contribution >= 0.6 is 0 Å². The molecule has 1 amide bonds. The number of amides is 1. The molecule has 0 saturated carbocycles. The number of rotatable bonds is 7. The Kier molecular flexibility index (Phi) is 8.59. The lowest BCUT2D eigenvalue weighted by Crippen LogP contribution is -2.51. The number of nitrogens with one attached hydrogen (secondary N) is 1. The maximum atomic E-state index is 9.89. The minimum Gasteiger partial charge on any atom is -0.508 e. The molecule has 7 nitrogen and oxygen atoms in total. The summed E-state index contributed by atoms with van der Waals surface area (Å²) in [5.41, 5.74) is 2.50. The number of aromatic hydroxyl groups is 1. The van der Waals surface area contributed by atoms with Crippen molar-refractivity contribution in [3.8, 4) is 22.8 Å². The van der Waals surface area contributed by atoms with E-state index < -0.39 is 0 Å². The number of hydrogen-bond donors (Lipinski definition) is 2. The van der Waals surface area contributed by atoms with Crippen molar-refractivity contribution in [2.24, 2.45) is 4.99 Å². The van der Waals surface area contributed by atoms with Gasteiger partial charge in [-0.2, -0.15) is 0 Å². The van der Waals surface area contributed by atoms with Gasteiger partial charge in [-0.05, 0) is 43.8 Å². The Morgan fingerprint density at radius 2 is 2.14 bits per heavy atom. The van der Waals surface area contributed by atoms with Crippen LogP contribution in [0.5, 0.6) is 11.6 Å². The largest absolute Gasteiger partial charge is 0.508 e. The first-order valence-electron chi connectivity index (χ1n) is 9.17. The van der Waals surface area contributed by atoms with Crippen LogP contribution in [0.15, 0.2) is 72.1 Å². The first kappa shape index (κ1) is 21.8. The maximum absolute atomic E-state index is 9.89. The van der Waals surface area contributed by atoms with E-state index >= 15 is 0 Å². The average Bonchev–Trinajstić information content (AvgIpc) is 2.71. The van der Waals surface area contributed by atoms with E-state index in [1.165, 1.54) is 12.3 Å². The fourth-order valence-electron chi connectivity index (χ4n) is 2.57. The molecule has 0 aliphatic carbocycles. The molecule has 1 fully saturated rings. The monoisotopic (exact) mass is 394 g/mol. The Balaban J connectivity index is 0.000000257. The number of nitrogens with zero attached hydrogens (tertiary/aromatic N) is 3. The molecule has 1 aromatic carbocycles.